The van der Waals surface area contributed by atoms with Crippen LogP contribution in [0.2, 0.25) is 0 Å². The van der Waals surface area contributed by atoms with Gasteiger partial charge in [0, 0.05) is 24.4 Å². The number of hydrogen-bond acceptors (Lipinski definition) is 4. The van der Waals surface area contributed by atoms with Crippen molar-refractivity contribution in [3.8, 4) is 5.75 Å². The van der Waals surface area contributed by atoms with Crippen LogP contribution in [0.25, 0.3) is 11.0 Å². The van der Waals surface area contributed by atoms with Gasteiger partial charge in [0.1, 0.15) is 23.7 Å². The van der Waals surface area contributed by atoms with Crippen LogP contribution in [-0.2, 0) is 6.54 Å². The maximum Gasteiger partial charge on any atom is 0.276 e. The van der Waals surface area contributed by atoms with Gasteiger partial charge in [0.05, 0.1) is 18.4 Å². The second kappa shape index (κ2) is 9.13. The van der Waals surface area contributed by atoms with E-state index in [-0.39, 0.29) is 53.8 Å². The van der Waals surface area contributed by atoms with Crippen LogP contribution >= 0.6 is 24.6 Å². The van der Waals surface area contributed by atoms with Gasteiger partial charge in [-0.3, -0.25) is 9.78 Å². The molecule has 1 aromatic carbocycles. The zero-order chi connectivity index (χ0) is 19.6. The lowest BCUT2D eigenvalue weighted by molar-refractivity contribution is 0.345. The summed E-state index contributed by atoms with van der Waals surface area (Å²) in [5.41, 5.74) is 7.81. The number of aryl methyl sites for hydroxylation is 1. The highest BCUT2D eigenvalue weighted by Gasteiger charge is 2.12. The number of hydrogen-bond donors (Lipinski definition) is 3. The lowest BCUT2D eigenvalue weighted by atomic mass is 10.2. The average molecular weight is 429 g/mol. The maximum absolute atomic E-state index is 14.0. The highest BCUT2D eigenvalue weighted by Crippen LogP contribution is 2.21. The molecule has 0 bridgehead atoms. The second-order valence-corrected chi connectivity index (χ2v) is 6.48. The Morgan fingerprint density at radius 1 is 1.39 bits per heavy atom. The molecule has 0 amide bonds. The zero-order valence-electron chi connectivity index (χ0n) is 14.9. The fourth-order valence-electron chi connectivity index (χ4n) is 2.80. The Hall–Kier alpha value is -2.49. The van der Waals surface area contributed by atoms with Crippen LogP contribution in [0, 0.1) is 17.5 Å². The van der Waals surface area contributed by atoms with Crippen molar-refractivity contribution in [2.75, 3.05) is 13.2 Å². The fourth-order valence-corrected chi connectivity index (χ4v) is 3.05. The molecule has 0 aliphatic carbocycles. The summed E-state index contributed by atoms with van der Waals surface area (Å²) >= 11 is 5.28. The van der Waals surface area contributed by atoms with Crippen LogP contribution in [0.15, 0.2) is 41.1 Å². The van der Waals surface area contributed by atoms with Gasteiger partial charge in [-0.25, -0.2) is 8.78 Å². The molecule has 3 rings (SSSR count). The van der Waals surface area contributed by atoms with E-state index in [2.05, 4.69) is 9.97 Å². The molecule has 6 nitrogen and oxygen atoms in total. The van der Waals surface area contributed by atoms with Gasteiger partial charge in [-0.05, 0) is 42.4 Å². The van der Waals surface area contributed by atoms with E-state index in [1.807, 2.05) is 6.92 Å². The van der Waals surface area contributed by atoms with Crippen molar-refractivity contribution >= 4 is 35.7 Å². The monoisotopic (exact) mass is 428 g/mol. The predicted octanol–water partition coefficient (Wildman–Crippen LogP) is 3.50. The van der Waals surface area contributed by atoms with Crippen LogP contribution in [-0.4, -0.2) is 27.7 Å². The SMILES string of the molecule is Cc1c[nH]c2c(=O)[nH]c(=S)n(Cc3cc(F)cc(OC/C(=C/F)CN)c3)c12.Cl. The zero-order valence-corrected chi connectivity index (χ0v) is 16.6. The minimum atomic E-state index is -0.501. The molecular formula is C18H19ClF2N4O2S. The Balaban J connectivity index is 0.00000280. The third-order valence-electron chi connectivity index (χ3n) is 4.12. The quantitative estimate of drug-likeness (QED) is 0.524. The summed E-state index contributed by atoms with van der Waals surface area (Å²) in [5.74, 6) is -0.255. The number of aromatic nitrogens is 3. The van der Waals surface area contributed by atoms with Gasteiger partial charge in [-0.15, -0.1) is 12.4 Å². The number of aromatic amines is 2. The van der Waals surface area contributed by atoms with E-state index >= 15 is 0 Å². The highest BCUT2D eigenvalue weighted by atomic mass is 35.5. The van der Waals surface area contributed by atoms with Crippen LogP contribution < -0.4 is 16.0 Å². The third kappa shape index (κ3) is 4.49. The molecule has 0 spiro atoms. The molecule has 0 fully saturated rings. The van der Waals surface area contributed by atoms with Gasteiger partial charge >= 0.3 is 0 Å². The smallest absolute Gasteiger partial charge is 0.276 e. The van der Waals surface area contributed by atoms with Crippen molar-refractivity contribution < 1.29 is 13.5 Å². The maximum atomic E-state index is 14.0. The number of nitrogens with zero attached hydrogens (tertiary/aromatic N) is 1. The lowest BCUT2D eigenvalue weighted by Gasteiger charge is -2.12. The van der Waals surface area contributed by atoms with Crippen LogP contribution in [0.4, 0.5) is 8.78 Å². The summed E-state index contributed by atoms with van der Waals surface area (Å²) in [4.78, 5) is 17.6. The molecule has 2 heterocycles. The summed E-state index contributed by atoms with van der Waals surface area (Å²) < 4.78 is 34.0. The first-order valence-corrected chi connectivity index (χ1v) is 8.55. The molecule has 28 heavy (non-hydrogen) atoms. The minimum absolute atomic E-state index is 0. The molecule has 4 N–H and O–H groups in total. The Morgan fingerprint density at radius 3 is 2.82 bits per heavy atom. The number of rotatable bonds is 6. The molecule has 0 radical (unpaired) electrons. The first-order chi connectivity index (χ1) is 12.9. The molecule has 0 aliphatic heterocycles. The third-order valence-corrected chi connectivity index (χ3v) is 4.44. The molecule has 0 saturated heterocycles. The standard InChI is InChI=1S/C18H18F2N4O2S.ClH/c1-10-7-22-15-16(10)24(18(27)23-17(15)25)8-11-2-13(20)4-14(3-11)26-9-12(5-19)6-21;/h2-5,7,22H,6,8-9,21H2,1H3,(H,23,25,27);1H/b12-5+;. The van der Waals surface area contributed by atoms with Gasteiger partial charge in [0.25, 0.3) is 5.56 Å². The predicted molar refractivity (Wildman–Crippen MR) is 109 cm³/mol. The van der Waals surface area contributed by atoms with Crippen molar-refractivity contribution in [2.45, 2.75) is 13.5 Å². The summed E-state index contributed by atoms with van der Waals surface area (Å²) in [7, 11) is 0. The van der Waals surface area contributed by atoms with Crippen molar-refractivity contribution in [1.82, 2.24) is 14.5 Å². The number of nitrogens with two attached hydrogens (primary N) is 1. The molecule has 150 valence electrons. The Labute approximate surface area is 170 Å². The van der Waals surface area contributed by atoms with Crippen molar-refractivity contribution in [3.05, 3.63) is 68.4 Å². The molecule has 0 atom stereocenters. The van der Waals surface area contributed by atoms with E-state index in [1.165, 1.54) is 12.1 Å². The van der Waals surface area contributed by atoms with Gasteiger partial charge in [-0.2, -0.15) is 0 Å². The van der Waals surface area contributed by atoms with Gasteiger partial charge < -0.3 is 20.0 Å². The van der Waals surface area contributed by atoms with Gasteiger partial charge in [0.15, 0.2) is 4.77 Å². The molecule has 3 aromatic rings. The van der Waals surface area contributed by atoms with Crippen molar-refractivity contribution in [1.29, 1.82) is 0 Å². The number of benzene rings is 1. The molecule has 2 aromatic heterocycles. The van der Waals surface area contributed by atoms with Crippen LogP contribution in [0.5, 0.6) is 5.75 Å². The number of H-pyrrole nitrogens is 2. The Morgan fingerprint density at radius 2 is 2.14 bits per heavy atom. The van der Waals surface area contributed by atoms with Crippen molar-refractivity contribution in [2.24, 2.45) is 5.73 Å². The first-order valence-electron chi connectivity index (χ1n) is 8.14. The highest BCUT2D eigenvalue weighted by molar-refractivity contribution is 7.71. The van der Waals surface area contributed by atoms with E-state index < -0.39 is 5.82 Å². The molecule has 0 unspecified atom stereocenters. The first kappa shape index (κ1) is 21.8. The summed E-state index contributed by atoms with van der Waals surface area (Å²) in [5, 5.41) is 0. The topological polar surface area (TPSA) is 88.8 Å². The number of fused-ring (bicyclic) bond motifs is 1. The Kier molecular flexibility index (Phi) is 7.11. The molecule has 0 aliphatic rings. The molecule has 10 heteroatoms. The lowest BCUT2D eigenvalue weighted by Crippen LogP contribution is -2.15. The van der Waals surface area contributed by atoms with E-state index in [4.69, 9.17) is 22.7 Å². The number of ether oxygens (including phenoxy) is 1. The average Bonchev–Trinajstić information content (AvgIpc) is 3.01. The summed E-state index contributed by atoms with van der Waals surface area (Å²) in [6.07, 6.45) is 2.09. The molecular weight excluding hydrogens is 410 g/mol. The van der Waals surface area contributed by atoms with Crippen LogP contribution in [0.1, 0.15) is 11.1 Å². The van der Waals surface area contributed by atoms with Crippen LogP contribution in [0.3, 0.4) is 0 Å². The van der Waals surface area contributed by atoms with Crippen molar-refractivity contribution in [3.63, 3.8) is 0 Å². The summed E-state index contributed by atoms with van der Waals surface area (Å²) in [6, 6.07) is 4.19. The fraction of sp³-hybridized carbons (Fsp3) is 0.222. The molecule has 0 saturated carbocycles. The van der Waals surface area contributed by atoms with E-state index in [1.54, 1.807) is 16.8 Å². The van der Waals surface area contributed by atoms with E-state index in [0.29, 0.717) is 22.9 Å². The normalized spacial score (nSPS) is 11.5. The number of nitrogens with one attached hydrogen (secondary N) is 2. The summed E-state index contributed by atoms with van der Waals surface area (Å²) in [6.45, 7) is 2.01. The van der Waals surface area contributed by atoms with E-state index in [0.717, 1.165) is 5.56 Å². The largest absolute Gasteiger partial charge is 0.489 e. The van der Waals surface area contributed by atoms with Gasteiger partial charge in [0.2, 0.25) is 0 Å². The minimum Gasteiger partial charge on any atom is -0.489 e. The second-order valence-electron chi connectivity index (χ2n) is 6.10. The van der Waals surface area contributed by atoms with Gasteiger partial charge in [-0.1, -0.05) is 0 Å². The Bertz CT molecular complexity index is 1140. The number of halogens is 3. The van der Waals surface area contributed by atoms with E-state index in [9.17, 15) is 13.6 Å².